The predicted octanol–water partition coefficient (Wildman–Crippen LogP) is 3.65. The molecule has 0 bridgehead atoms. The van der Waals surface area contributed by atoms with Crippen LogP contribution in [0.3, 0.4) is 0 Å². The maximum atomic E-state index is 3.75. The molecule has 72 valence electrons. The van der Waals surface area contributed by atoms with Gasteiger partial charge in [-0.2, -0.15) is 23.5 Å². The van der Waals surface area contributed by atoms with E-state index in [1.54, 1.807) is 0 Å². The van der Waals surface area contributed by atoms with Crippen molar-refractivity contribution in [3.63, 3.8) is 0 Å². The van der Waals surface area contributed by atoms with Crippen molar-refractivity contribution in [2.24, 2.45) is 5.92 Å². The fourth-order valence-electron chi connectivity index (χ4n) is 1.43. The van der Waals surface area contributed by atoms with Crippen LogP contribution in [0, 0.1) is 5.92 Å². The Morgan fingerprint density at radius 3 is 2.92 bits per heavy atom. The summed E-state index contributed by atoms with van der Waals surface area (Å²) in [5.74, 6) is 6.29. The van der Waals surface area contributed by atoms with Crippen LogP contribution in [0.2, 0.25) is 0 Å². The van der Waals surface area contributed by atoms with Crippen LogP contribution in [0.4, 0.5) is 0 Å². The van der Waals surface area contributed by atoms with Crippen molar-refractivity contribution in [3.8, 4) is 0 Å². The van der Waals surface area contributed by atoms with Gasteiger partial charge in [-0.1, -0.05) is 22.9 Å². The summed E-state index contributed by atoms with van der Waals surface area (Å²) in [5, 5.41) is 0. The van der Waals surface area contributed by atoms with Crippen molar-refractivity contribution in [1.82, 2.24) is 0 Å². The molecule has 0 N–H and O–H groups in total. The zero-order valence-corrected chi connectivity index (χ0v) is 10.8. The number of hydrogen-bond acceptors (Lipinski definition) is 2. The molecule has 0 radical (unpaired) electrons. The summed E-state index contributed by atoms with van der Waals surface area (Å²) in [6.45, 7) is 2.24. The van der Waals surface area contributed by atoms with E-state index < -0.39 is 0 Å². The van der Waals surface area contributed by atoms with Gasteiger partial charge in [0.15, 0.2) is 0 Å². The highest BCUT2D eigenvalue weighted by Gasteiger charge is 2.24. The zero-order chi connectivity index (χ0) is 8.81. The van der Waals surface area contributed by atoms with Crippen molar-refractivity contribution in [3.05, 3.63) is 0 Å². The highest BCUT2D eigenvalue weighted by Crippen LogP contribution is 2.32. The van der Waals surface area contributed by atoms with E-state index in [9.17, 15) is 0 Å². The van der Waals surface area contributed by atoms with Crippen LogP contribution >= 0.6 is 39.5 Å². The lowest BCUT2D eigenvalue weighted by Gasteiger charge is -2.11. The first-order chi connectivity index (χ1) is 5.84. The van der Waals surface area contributed by atoms with Crippen LogP contribution in [0.25, 0.3) is 0 Å². The van der Waals surface area contributed by atoms with Gasteiger partial charge in [-0.25, -0.2) is 0 Å². The molecule has 1 aliphatic rings. The first-order valence-corrected chi connectivity index (χ1v) is 7.86. The van der Waals surface area contributed by atoms with Crippen LogP contribution in [-0.4, -0.2) is 27.8 Å². The number of halogens is 1. The highest BCUT2D eigenvalue weighted by atomic mass is 79.9. The second-order valence-corrected chi connectivity index (χ2v) is 6.80. The smallest absolute Gasteiger partial charge is 0.0272 e. The number of rotatable bonds is 5. The largest absolute Gasteiger partial charge is 0.162 e. The number of thioether (sulfide) groups is 2. The Bertz CT molecular complexity index is 119. The third-order valence-electron chi connectivity index (χ3n) is 2.19. The normalized spacial score (nSPS) is 29.5. The first kappa shape index (κ1) is 11.3. The van der Waals surface area contributed by atoms with Crippen LogP contribution in [0.1, 0.15) is 19.8 Å². The van der Waals surface area contributed by atoms with Crippen molar-refractivity contribution < 1.29 is 0 Å². The molecule has 2 unspecified atom stereocenters. The summed E-state index contributed by atoms with van der Waals surface area (Å²) in [4.78, 5) is 0.800. The Labute approximate surface area is 92.8 Å². The quantitative estimate of drug-likeness (QED) is 0.552. The molecule has 0 aromatic heterocycles. The van der Waals surface area contributed by atoms with Crippen LogP contribution in [0.15, 0.2) is 0 Å². The molecule has 1 fully saturated rings. The Balaban J connectivity index is 1.98. The monoisotopic (exact) mass is 268 g/mol. The van der Waals surface area contributed by atoms with Gasteiger partial charge in [-0.15, -0.1) is 0 Å². The third-order valence-corrected chi connectivity index (χ3v) is 5.93. The lowest BCUT2D eigenvalue weighted by atomic mass is 10.0. The van der Waals surface area contributed by atoms with Gasteiger partial charge in [0.05, 0.1) is 0 Å². The minimum absolute atomic E-state index is 0.800. The molecule has 3 heteroatoms. The second-order valence-electron chi connectivity index (χ2n) is 3.15. The van der Waals surface area contributed by atoms with Gasteiger partial charge in [0.25, 0.3) is 0 Å². The fourth-order valence-corrected chi connectivity index (χ4v) is 4.68. The van der Waals surface area contributed by atoms with Crippen LogP contribution in [-0.2, 0) is 0 Å². The van der Waals surface area contributed by atoms with Gasteiger partial charge >= 0.3 is 0 Å². The van der Waals surface area contributed by atoms with E-state index in [-0.39, 0.29) is 0 Å². The number of alkyl halides is 1. The summed E-state index contributed by atoms with van der Waals surface area (Å²) in [6, 6.07) is 0. The predicted molar refractivity (Wildman–Crippen MR) is 65.8 cm³/mol. The number of hydrogen-bond donors (Lipinski definition) is 0. The molecule has 0 nitrogen and oxygen atoms in total. The summed E-state index contributed by atoms with van der Waals surface area (Å²) in [6.07, 6.45) is 2.84. The van der Waals surface area contributed by atoms with E-state index in [1.807, 2.05) is 0 Å². The Morgan fingerprint density at radius 2 is 2.33 bits per heavy atom. The molecule has 2 atom stereocenters. The standard InChI is InChI=1S/C9H17BrS2/c1-2-11-5-3-4-8-6-12-7-9(8)10/h8-9H,2-7H2,1H3. The molecule has 12 heavy (non-hydrogen) atoms. The van der Waals surface area contributed by atoms with Crippen LogP contribution in [0.5, 0.6) is 0 Å². The van der Waals surface area contributed by atoms with E-state index >= 15 is 0 Å². The molecule has 0 amide bonds. The summed E-state index contributed by atoms with van der Waals surface area (Å²) in [7, 11) is 0. The Kier molecular flexibility index (Phi) is 6.20. The van der Waals surface area contributed by atoms with Gasteiger partial charge in [-0.3, -0.25) is 0 Å². The van der Waals surface area contributed by atoms with Gasteiger partial charge in [0.1, 0.15) is 0 Å². The SMILES string of the molecule is CCSCCCC1CSCC1Br. The van der Waals surface area contributed by atoms with Crippen molar-refractivity contribution in [2.75, 3.05) is 23.0 Å². The second kappa shape index (κ2) is 6.61. The van der Waals surface area contributed by atoms with Crippen molar-refractivity contribution in [1.29, 1.82) is 0 Å². The molecule has 0 spiro atoms. The fraction of sp³-hybridized carbons (Fsp3) is 1.00. The highest BCUT2D eigenvalue weighted by molar-refractivity contribution is 9.09. The average Bonchev–Trinajstić information content (AvgIpc) is 2.46. The lowest BCUT2D eigenvalue weighted by Crippen LogP contribution is -2.11. The van der Waals surface area contributed by atoms with E-state index in [0.717, 1.165) is 10.7 Å². The molecule has 0 aliphatic carbocycles. The average molecular weight is 269 g/mol. The topological polar surface area (TPSA) is 0 Å². The molecule has 0 saturated carbocycles. The Morgan fingerprint density at radius 1 is 1.50 bits per heavy atom. The summed E-state index contributed by atoms with van der Waals surface area (Å²) >= 11 is 7.92. The molecular weight excluding hydrogens is 252 g/mol. The molecule has 0 aromatic carbocycles. The lowest BCUT2D eigenvalue weighted by molar-refractivity contribution is 0.557. The van der Waals surface area contributed by atoms with Crippen molar-refractivity contribution in [2.45, 2.75) is 24.6 Å². The first-order valence-electron chi connectivity index (χ1n) is 4.64. The molecule has 1 saturated heterocycles. The Hall–Kier alpha value is 1.18. The van der Waals surface area contributed by atoms with Crippen LogP contribution < -0.4 is 0 Å². The van der Waals surface area contributed by atoms with Gasteiger partial charge in [-0.05, 0) is 36.0 Å². The maximum absolute atomic E-state index is 3.75. The van der Waals surface area contributed by atoms with Gasteiger partial charge in [0, 0.05) is 10.6 Å². The van der Waals surface area contributed by atoms with Gasteiger partial charge < -0.3 is 0 Å². The minimum Gasteiger partial charge on any atom is -0.162 e. The van der Waals surface area contributed by atoms with E-state index in [1.165, 1.54) is 35.9 Å². The molecule has 1 aliphatic heterocycles. The molecular formula is C9H17BrS2. The van der Waals surface area contributed by atoms with E-state index in [0.29, 0.717) is 0 Å². The minimum atomic E-state index is 0.800. The molecule has 1 rings (SSSR count). The van der Waals surface area contributed by atoms with E-state index in [2.05, 4.69) is 46.4 Å². The zero-order valence-electron chi connectivity index (χ0n) is 7.59. The maximum Gasteiger partial charge on any atom is 0.0272 e. The molecule has 1 heterocycles. The third kappa shape index (κ3) is 3.93. The summed E-state index contributed by atoms with van der Waals surface area (Å²) < 4.78 is 0. The summed E-state index contributed by atoms with van der Waals surface area (Å²) in [5.41, 5.74) is 0. The molecule has 0 aromatic rings. The van der Waals surface area contributed by atoms with Gasteiger partial charge in [0.2, 0.25) is 0 Å². The van der Waals surface area contributed by atoms with E-state index in [4.69, 9.17) is 0 Å². The van der Waals surface area contributed by atoms with Crippen molar-refractivity contribution >= 4 is 39.5 Å².